The summed E-state index contributed by atoms with van der Waals surface area (Å²) >= 11 is 0. The Hall–Kier alpha value is -3.55. The van der Waals surface area contributed by atoms with Crippen molar-refractivity contribution in [3.05, 3.63) is 70.7 Å². The first-order valence-electron chi connectivity index (χ1n) is 9.10. The number of carbonyl (C=O) groups excluding carboxylic acids is 1. The Balaban J connectivity index is 1.73. The van der Waals surface area contributed by atoms with E-state index in [-0.39, 0.29) is 16.9 Å². The van der Waals surface area contributed by atoms with Gasteiger partial charge in [-0.2, -0.15) is 0 Å². The Morgan fingerprint density at radius 2 is 2.04 bits per heavy atom. The van der Waals surface area contributed by atoms with Crippen LogP contribution in [0, 0.1) is 0 Å². The molecule has 142 valence electrons. The maximum Gasteiger partial charge on any atom is 0.255 e. The summed E-state index contributed by atoms with van der Waals surface area (Å²) in [4.78, 5) is 38.1. The largest absolute Gasteiger partial charge is 0.507 e. The molecule has 2 N–H and O–H groups in total. The van der Waals surface area contributed by atoms with Crippen LogP contribution < -0.4 is 10.9 Å². The number of rotatable bonds is 3. The number of phenols is 1. The highest BCUT2D eigenvalue weighted by Gasteiger charge is 2.25. The van der Waals surface area contributed by atoms with Gasteiger partial charge in [-0.05, 0) is 37.5 Å². The number of amides is 1. The molecule has 8 nitrogen and oxygen atoms in total. The van der Waals surface area contributed by atoms with E-state index in [9.17, 15) is 14.7 Å². The van der Waals surface area contributed by atoms with E-state index in [1.807, 2.05) is 0 Å². The first-order valence-corrected chi connectivity index (χ1v) is 9.10. The van der Waals surface area contributed by atoms with Crippen LogP contribution in [-0.2, 0) is 6.54 Å². The number of para-hydroxylation sites is 1. The molecule has 3 heterocycles. The van der Waals surface area contributed by atoms with Crippen molar-refractivity contribution >= 4 is 5.91 Å². The van der Waals surface area contributed by atoms with E-state index in [1.165, 1.54) is 18.5 Å². The summed E-state index contributed by atoms with van der Waals surface area (Å²) in [6.45, 7) is 0.550. The average Bonchev–Trinajstić information content (AvgIpc) is 2.92. The van der Waals surface area contributed by atoms with Crippen molar-refractivity contribution < 1.29 is 9.90 Å². The van der Waals surface area contributed by atoms with Gasteiger partial charge in [-0.3, -0.25) is 14.2 Å². The summed E-state index contributed by atoms with van der Waals surface area (Å²) in [5, 5.41) is 12.9. The molecule has 3 aromatic rings. The molecule has 0 saturated carbocycles. The first-order chi connectivity index (χ1) is 13.6. The quantitative estimate of drug-likeness (QED) is 0.723. The van der Waals surface area contributed by atoms with Gasteiger partial charge >= 0.3 is 0 Å². The first kappa shape index (κ1) is 17.8. The van der Waals surface area contributed by atoms with Crippen molar-refractivity contribution in [3.63, 3.8) is 0 Å². The lowest BCUT2D eigenvalue weighted by Gasteiger charge is -2.20. The van der Waals surface area contributed by atoms with Gasteiger partial charge in [0.15, 0.2) is 0 Å². The molecule has 0 fully saturated rings. The zero-order chi connectivity index (χ0) is 19.5. The predicted molar refractivity (Wildman–Crippen MR) is 102 cm³/mol. The van der Waals surface area contributed by atoms with Gasteiger partial charge in [0.2, 0.25) is 0 Å². The van der Waals surface area contributed by atoms with E-state index >= 15 is 0 Å². The van der Waals surface area contributed by atoms with E-state index in [1.54, 1.807) is 35.0 Å². The summed E-state index contributed by atoms with van der Waals surface area (Å²) in [5.74, 6) is 0.00864. The number of hydrogen-bond acceptors (Lipinski definition) is 6. The van der Waals surface area contributed by atoms with Crippen molar-refractivity contribution in [1.82, 2.24) is 24.8 Å². The van der Waals surface area contributed by atoms with E-state index < -0.39 is 11.9 Å². The number of nitrogens with one attached hydrogen (secondary N) is 1. The smallest absolute Gasteiger partial charge is 0.255 e. The molecular formula is C20H19N5O3. The van der Waals surface area contributed by atoms with Crippen molar-refractivity contribution in [2.45, 2.75) is 31.8 Å². The second-order valence-corrected chi connectivity index (χ2v) is 6.62. The maximum atomic E-state index is 12.7. The number of carbonyl (C=O) groups is 1. The normalized spacial score (nSPS) is 16.1. The molecule has 8 heteroatoms. The number of hydrogen-bond donors (Lipinski definition) is 2. The Kier molecular flexibility index (Phi) is 4.84. The van der Waals surface area contributed by atoms with Crippen LogP contribution in [0.5, 0.6) is 5.75 Å². The lowest BCUT2D eigenvalue weighted by atomic mass is 10.1. The van der Waals surface area contributed by atoms with Gasteiger partial charge in [-0.15, -0.1) is 0 Å². The lowest BCUT2D eigenvalue weighted by Crippen LogP contribution is -2.34. The zero-order valence-electron chi connectivity index (χ0n) is 15.1. The molecule has 1 aromatic carbocycles. The third kappa shape index (κ3) is 3.48. The highest BCUT2D eigenvalue weighted by atomic mass is 16.3. The minimum absolute atomic E-state index is 0.0892. The lowest BCUT2D eigenvalue weighted by molar-refractivity contribution is 0.0929. The topological polar surface area (TPSA) is 110 Å². The fourth-order valence-electron chi connectivity index (χ4n) is 3.37. The molecule has 0 saturated heterocycles. The van der Waals surface area contributed by atoms with Crippen LogP contribution in [-0.4, -0.2) is 30.5 Å². The van der Waals surface area contributed by atoms with Gasteiger partial charge in [0.1, 0.15) is 17.9 Å². The number of aromatic nitrogens is 4. The van der Waals surface area contributed by atoms with Crippen LogP contribution in [0.1, 0.15) is 41.5 Å². The van der Waals surface area contributed by atoms with Crippen molar-refractivity contribution in [2.75, 3.05) is 0 Å². The van der Waals surface area contributed by atoms with Crippen molar-refractivity contribution in [1.29, 1.82) is 0 Å². The highest BCUT2D eigenvalue weighted by molar-refractivity contribution is 5.96. The Bertz CT molecular complexity index is 1060. The van der Waals surface area contributed by atoms with Crippen LogP contribution >= 0.6 is 0 Å². The molecule has 1 aliphatic rings. The second-order valence-electron chi connectivity index (χ2n) is 6.62. The number of benzene rings is 1. The third-order valence-electron chi connectivity index (χ3n) is 4.77. The summed E-state index contributed by atoms with van der Waals surface area (Å²) in [6.07, 6.45) is 5.31. The summed E-state index contributed by atoms with van der Waals surface area (Å²) < 4.78 is 1.60. The molecule has 0 radical (unpaired) electrons. The molecule has 1 amide bonds. The molecule has 1 unspecified atom stereocenters. The molecule has 28 heavy (non-hydrogen) atoms. The van der Waals surface area contributed by atoms with E-state index in [0.717, 1.165) is 12.8 Å². The third-order valence-corrected chi connectivity index (χ3v) is 4.77. The van der Waals surface area contributed by atoms with Gasteiger partial charge in [-0.25, -0.2) is 15.0 Å². The standard InChI is InChI=1S/C20H19N5O3/c26-17-7-2-1-5-13(17)20(28)24-15-6-3-4-10-25-18(27)11-16(23-19(15)25)14-8-9-21-12-22-14/h1-2,5,7-9,11-12,15,26H,3-4,6,10H2,(H,24,28). The molecule has 0 spiro atoms. The number of fused-ring (bicyclic) bond motifs is 1. The monoisotopic (exact) mass is 377 g/mol. The highest BCUT2D eigenvalue weighted by Crippen LogP contribution is 2.25. The van der Waals surface area contributed by atoms with Crippen LogP contribution in [0.2, 0.25) is 0 Å². The summed E-state index contributed by atoms with van der Waals surface area (Å²) in [7, 11) is 0. The van der Waals surface area contributed by atoms with Crippen LogP contribution in [0.15, 0.2) is 53.7 Å². The molecule has 4 rings (SSSR count). The van der Waals surface area contributed by atoms with Gasteiger partial charge in [0, 0.05) is 18.8 Å². The predicted octanol–water partition coefficient (Wildman–Crippen LogP) is 2.06. The SMILES string of the molecule is O=C(NC1CCCCn2c1nc(-c1ccncn1)cc2=O)c1ccccc1O. The Morgan fingerprint density at radius 3 is 2.82 bits per heavy atom. The molecule has 1 aliphatic heterocycles. The molecule has 0 aliphatic carbocycles. The van der Waals surface area contributed by atoms with Crippen LogP contribution in [0.3, 0.4) is 0 Å². The van der Waals surface area contributed by atoms with E-state index in [4.69, 9.17) is 0 Å². The molecule has 0 bridgehead atoms. The maximum absolute atomic E-state index is 12.7. The molecular weight excluding hydrogens is 358 g/mol. The van der Waals surface area contributed by atoms with Gasteiger partial charge < -0.3 is 10.4 Å². The zero-order valence-corrected chi connectivity index (χ0v) is 15.1. The van der Waals surface area contributed by atoms with Gasteiger partial charge in [0.05, 0.1) is 23.0 Å². The minimum atomic E-state index is -0.441. The summed E-state index contributed by atoms with van der Waals surface area (Å²) in [5.41, 5.74) is 1.00. The molecule has 2 aromatic heterocycles. The average molecular weight is 377 g/mol. The Morgan fingerprint density at radius 1 is 1.18 bits per heavy atom. The van der Waals surface area contributed by atoms with E-state index in [0.29, 0.717) is 30.2 Å². The van der Waals surface area contributed by atoms with Crippen LogP contribution in [0.25, 0.3) is 11.4 Å². The molecule has 1 atom stereocenters. The fraction of sp³-hybridized carbons (Fsp3) is 0.250. The van der Waals surface area contributed by atoms with Crippen molar-refractivity contribution in [3.8, 4) is 17.1 Å². The second kappa shape index (κ2) is 7.59. The van der Waals surface area contributed by atoms with E-state index in [2.05, 4.69) is 20.3 Å². The Labute approximate surface area is 160 Å². The number of aromatic hydroxyl groups is 1. The minimum Gasteiger partial charge on any atom is -0.507 e. The fourth-order valence-corrected chi connectivity index (χ4v) is 3.37. The number of nitrogens with zero attached hydrogens (tertiary/aromatic N) is 4. The van der Waals surface area contributed by atoms with Crippen molar-refractivity contribution in [2.24, 2.45) is 0 Å². The van der Waals surface area contributed by atoms with Gasteiger partial charge in [0.25, 0.3) is 11.5 Å². The van der Waals surface area contributed by atoms with Crippen LogP contribution in [0.4, 0.5) is 0 Å². The summed E-state index contributed by atoms with van der Waals surface area (Å²) in [6, 6.07) is 9.06. The van der Waals surface area contributed by atoms with Gasteiger partial charge in [-0.1, -0.05) is 12.1 Å². The number of phenolic OH excluding ortho intramolecular Hbond substituents is 1.